The Morgan fingerprint density at radius 2 is 1.96 bits per heavy atom. The summed E-state index contributed by atoms with van der Waals surface area (Å²) in [7, 11) is 0. The largest absolute Gasteiger partial charge is 0.394 e. The molecule has 0 bridgehead atoms. The first kappa shape index (κ1) is 17.2. The van der Waals surface area contributed by atoms with E-state index in [1.807, 2.05) is 10.9 Å². The highest BCUT2D eigenvalue weighted by atomic mass is 16.3. The molecule has 0 spiro atoms. The Bertz CT molecular complexity index is 667. The molecule has 3 heterocycles. The summed E-state index contributed by atoms with van der Waals surface area (Å²) in [5, 5.41) is 18.1. The fraction of sp³-hybridized carbons (Fsp3) is 0.667. The number of nitrogens with zero attached hydrogens (tertiary/aromatic N) is 5. The Morgan fingerprint density at radius 1 is 1.21 bits per heavy atom. The maximum atomic E-state index is 9.16. The van der Waals surface area contributed by atoms with Crippen molar-refractivity contribution in [2.45, 2.75) is 59.2 Å². The summed E-state index contributed by atoms with van der Waals surface area (Å²) in [5.74, 6) is 0.552. The van der Waals surface area contributed by atoms with Crippen molar-refractivity contribution < 1.29 is 5.11 Å². The molecule has 132 valence electrons. The van der Waals surface area contributed by atoms with Crippen molar-refractivity contribution in [3.8, 4) is 0 Å². The summed E-state index contributed by atoms with van der Waals surface area (Å²) in [6.07, 6.45) is 4.15. The van der Waals surface area contributed by atoms with Gasteiger partial charge in [-0.15, -0.1) is 0 Å². The topological polar surface area (TPSA) is 59.1 Å². The van der Waals surface area contributed by atoms with E-state index in [9.17, 15) is 0 Å². The third kappa shape index (κ3) is 3.39. The van der Waals surface area contributed by atoms with E-state index in [1.54, 1.807) is 0 Å². The van der Waals surface area contributed by atoms with Gasteiger partial charge < -0.3 is 5.11 Å². The fourth-order valence-corrected chi connectivity index (χ4v) is 3.85. The van der Waals surface area contributed by atoms with E-state index in [-0.39, 0.29) is 6.61 Å². The lowest BCUT2D eigenvalue weighted by atomic mass is 9.93. The molecule has 1 saturated heterocycles. The summed E-state index contributed by atoms with van der Waals surface area (Å²) in [6.45, 7) is 11.3. The van der Waals surface area contributed by atoms with Crippen LogP contribution in [0, 0.1) is 13.8 Å². The van der Waals surface area contributed by atoms with Crippen molar-refractivity contribution in [3.05, 3.63) is 34.9 Å². The molecule has 0 amide bonds. The zero-order chi connectivity index (χ0) is 17.1. The van der Waals surface area contributed by atoms with E-state index in [0.717, 1.165) is 44.7 Å². The average molecular weight is 331 g/mol. The monoisotopic (exact) mass is 331 g/mol. The lowest BCUT2D eigenvalue weighted by molar-refractivity contribution is 0.198. The smallest absolute Gasteiger partial charge is 0.0644 e. The van der Waals surface area contributed by atoms with E-state index in [0.29, 0.717) is 12.5 Å². The molecule has 1 fully saturated rings. The van der Waals surface area contributed by atoms with Crippen LogP contribution in [0.5, 0.6) is 0 Å². The van der Waals surface area contributed by atoms with Crippen molar-refractivity contribution in [3.63, 3.8) is 0 Å². The highest BCUT2D eigenvalue weighted by molar-refractivity contribution is 5.24. The molecule has 0 saturated carbocycles. The summed E-state index contributed by atoms with van der Waals surface area (Å²) < 4.78 is 4.06. The van der Waals surface area contributed by atoms with Crippen LogP contribution in [0.15, 0.2) is 12.3 Å². The van der Waals surface area contributed by atoms with Gasteiger partial charge in [-0.1, -0.05) is 0 Å². The molecule has 1 aliphatic heterocycles. The zero-order valence-electron chi connectivity index (χ0n) is 15.1. The Hall–Kier alpha value is -1.66. The number of hydrogen-bond acceptors (Lipinski definition) is 4. The minimum absolute atomic E-state index is 0.146. The number of hydrogen-bond donors (Lipinski definition) is 1. The van der Waals surface area contributed by atoms with Crippen molar-refractivity contribution in [1.29, 1.82) is 0 Å². The minimum Gasteiger partial charge on any atom is -0.394 e. The molecule has 6 heteroatoms. The van der Waals surface area contributed by atoms with Gasteiger partial charge >= 0.3 is 0 Å². The zero-order valence-corrected chi connectivity index (χ0v) is 15.1. The van der Waals surface area contributed by atoms with Crippen LogP contribution < -0.4 is 0 Å². The standard InChI is InChI=1S/C18H29N5O/c1-4-22-15(3)17(14(2)20-22)13-21-9-6-16(7-10-21)18-5-8-19-23(18)11-12-24/h5,8,16,24H,4,6-7,9-13H2,1-3H3. The van der Waals surface area contributed by atoms with Crippen LogP contribution in [0.2, 0.25) is 0 Å². The number of aliphatic hydroxyl groups is 1. The molecule has 0 aromatic carbocycles. The highest BCUT2D eigenvalue weighted by Crippen LogP contribution is 2.29. The van der Waals surface area contributed by atoms with Crippen LogP contribution in [0.25, 0.3) is 0 Å². The van der Waals surface area contributed by atoms with Gasteiger partial charge in [0.15, 0.2) is 0 Å². The third-order valence-corrected chi connectivity index (χ3v) is 5.28. The molecule has 6 nitrogen and oxygen atoms in total. The number of aromatic nitrogens is 4. The Morgan fingerprint density at radius 3 is 2.58 bits per heavy atom. The summed E-state index contributed by atoms with van der Waals surface area (Å²) in [6, 6.07) is 2.11. The van der Waals surface area contributed by atoms with Gasteiger partial charge in [0.1, 0.15) is 0 Å². The number of aliphatic hydroxyl groups excluding tert-OH is 1. The number of aryl methyl sites for hydroxylation is 2. The molecule has 0 atom stereocenters. The van der Waals surface area contributed by atoms with Crippen molar-refractivity contribution in [2.75, 3.05) is 19.7 Å². The van der Waals surface area contributed by atoms with E-state index >= 15 is 0 Å². The summed E-state index contributed by atoms with van der Waals surface area (Å²) >= 11 is 0. The first-order valence-corrected chi connectivity index (χ1v) is 9.01. The second-order valence-corrected chi connectivity index (χ2v) is 6.72. The van der Waals surface area contributed by atoms with E-state index in [1.165, 1.54) is 17.0 Å². The average Bonchev–Trinajstić information content (AvgIpc) is 3.15. The van der Waals surface area contributed by atoms with Crippen molar-refractivity contribution in [1.82, 2.24) is 24.5 Å². The molecule has 2 aromatic heterocycles. The van der Waals surface area contributed by atoms with Crippen LogP contribution in [-0.2, 0) is 19.6 Å². The predicted molar refractivity (Wildman–Crippen MR) is 93.9 cm³/mol. The maximum Gasteiger partial charge on any atom is 0.0644 e. The lowest BCUT2D eigenvalue weighted by Gasteiger charge is -2.32. The van der Waals surface area contributed by atoms with Crippen LogP contribution in [0.4, 0.5) is 0 Å². The van der Waals surface area contributed by atoms with E-state index < -0.39 is 0 Å². The Kier molecular flexibility index (Phi) is 5.36. The van der Waals surface area contributed by atoms with E-state index in [4.69, 9.17) is 5.11 Å². The predicted octanol–water partition coefficient (Wildman–Crippen LogP) is 2.09. The Labute approximate surface area is 144 Å². The van der Waals surface area contributed by atoms with Gasteiger partial charge in [0.05, 0.1) is 18.8 Å². The van der Waals surface area contributed by atoms with Gasteiger partial charge in [-0.2, -0.15) is 10.2 Å². The van der Waals surface area contributed by atoms with Gasteiger partial charge in [-0.25, -0.2) is 0 Å². The van der Waals surface area contributed by atoms with Crippen LogP contribution >= 0.6 is 0 Å². The molecule has 2 aromatic rings. The summed E-state index contributed by atoms with van der Waals surface area (Å²) in [4.78, 5) is 2.54. The molecular weight excluding hydrogens is 302 g/mol. The van der Waals surface area contributed by atoms with Crippen LogP contribution in [-0.4, -0.2) is 49.3 Å². The molecule has 0 unspecified atom stereocenters. The second-order valence-electron chi connectivity index (χ2n) is 6.72. The second kappa shape index (κ2) is 7.49. The van der Waals surface area contributed by atoms with Crippen LogP contribution in [0.3, 0.4) is 0 Å². The molecule has 1 aliphatic rings. The molecule has 0 radical (unpaired) electrons. The molecule has 24 heavy (non-hydrogen) atoms. The quantitative estimate of drug-likeness (QED) is 0.880. The number of rotatable bonds is 6. The molecule has 1 N–H and O–H groups in total. The fourth-order valence-electron chi connectivity index (χ4n) is 3.85. The van der Waals surface area contributed by atoms with Crippen LogP contribution in [0.1, 0.15) is 48.3 Å². The van der Waals surface area contributed by atoms with Gasteiger partial charge in [0, 0.05) is 42.2 Å². The number of piperidine rings is 1. The SMILES string of the molecule is CCn1nc(C)c(CN2CCC(c3ccnn3CCO)CC2)c1C. The normalized spacial score (nSPS) is 16.8. The molecule has 3 rings (SSSR count). The maximum absolute atomic E-state index is 9.16. The highest BCUT2D eigenvalue weighted by Gasteiger charge is 2.24. The number of likely N-dealkylation sites (tertiary alicyclic amines) is 1. The van der Waals surface area contributed by atoms with Crippen molar-refractivity contribution >= 4 is 0 Å². The molecular formula is C18H29N5O. The van der Waals surface area contributed by atoms with Gasteiger partial charge in [-0.05, 0) is 52.8 Å². The van der Waals surface area contributed by atoms with Crippen molar-refractivity contribution in [2.24, 2.45) is 0 Å². The first-order chi connectivity index (χ1) is 11.6. The summed E-state index contributed by atoms with van der Waals surface area (Å²) in [5.41, 5.74) is 5.13. The van der Waals surface area contributed by atoms with Gasteiger partial charge in [0.25, 0.3) is 0 Å². The van der Waals surface area contributed by atoms with E-state index in [2.05, 4.69) is 46.6 Å². The van der Waals surface area contributed by atoms with Gasteiger partial charge in [-0.3, -0.25) is 14.3 Å². The molecule has 0 aliphatic carbocycles. The first-order valence-electron chi connectivity index (χ1n) is 9.01. The Balaban J connectivity index is 1.61. The minimum atomic E-state index is 0.146. The lowest BCUT2D eigenvalue weighted by Crippen LogP contribution is -2.33. The third-order valence-electron chi connectivity index (χ3n) is 5.28. The van der Waals surface area contributed by atoms with Gasteiger partial charge in [0.2, 0.25) is 0 Å².